The fourth-order valence-electron chi connectivity index (χ4n) is 1.64. The molecule has 0 fully saturated rings. The van der Waals surface area contributed by atoms with Gasteiger partial charge in [-0.25, -0.2) is 0 Å². The Morgan fingerprint density at radius 2 is 2.05 bits per heavy atom. The summed E-state index contributed by atoms with van der Waals surface area (Å²) in [6.45, 7) is 2.05. The second-order valence-corrected chi connectivity index (χ2v) is 4.89. The summed E-state index contributed by atoms with van der Waals surface area (Å²) in [7, 11) is 5.38. The van der Waals surface area contributed by atoms with Crippen LogP contribution in [-0.2, 0) is 11.3 Å². The number of nitrogens with zero attached hydrogens (tertiary/aromatic N) is 2. The maximum absolute atomic E-state index is 6.00. The Kier molecular flexibility index (Phi) is 10.4. The number of benzene rings is 1. The van der Waals surface area contributed by atoms with Gasteiger partial charge < -0.3 is 15.0 Å². The van der Waals surface area contributed by atoms with E-state index in [-0.39, 0.29) is 24.0 Å². The van der Waals surface area contributed by atoms with E-state index in [0.717, 1.165) is 18.1 Å². The Hall–Kier alpha value is -0.240. The molecule has 114 valence electrons. The van der Waals surface area contributed by atoms with Gasteiger partial charge in [0.25, 0.3) is 0 Å². The lowest BCUT2D eigenvalue weighted by Gasteiger charge is -2.22. The van der Waals surface area contributed by atoms with Crippen LogP contribution in [0.3, 0.4) is 0 Å². The third-order valence-electron chi connectivity index (χ3n) is 2.57. The van der Waals surface area contributed by atoms with Crippen molar-refractivity contribution in [3.63, 3.8) is 0 Å². The minimum atomic E-state index is 0. The van der Waals surface area contributed by atoms with E-state index in [2.05, 4.69) is 10.3 Å². The van der Waals surface area contributed by atoms with Gasteiger partial charge in [-0.3, -0.25) is 4.99 Å². The summed E-state index contributed by atoms with van der Waals surface area (Å²) in [6, 6.07) is 5.62. The molecule has 1 aromatic carbocycles. The highest BCUT2D eigenvalue weighted by molar-refractivity contribution is 14.0. The molecule has 0 aliphatic carbocycles. The van der Waals surface area contributed by atoms with Crippen molar-refractivity contribution in [1.82, 2.24) is 10.2 Å². The van der Waals surface area contributed by atoms with E-state index in [1.807, 2.05) is 24.1 Å². The predicted octanol–water partition coefficient (Wildman–Crippen LogP) is 3.27. The van der Waals surface area contributed by atoms with Crippen molar-refractivity contribution in [1.29, 1.82) is 0 Å². The fourth-order valence-corrected chi connectivity index (χ4v) is 1.96. The number of hydrogen-bond acceptors (Lipinski definition) is 2. The predicted molar refractivity (Wildman–Crippen MR) is 96.6 cm³/mol. The summed E-state index contributed by atoms with van der Waals surface area (Å²) in [5.74, 6) is 0.808. The average Bonchev–Trinajstić information content (AvgIpc) is 2.39. The van der Waals surface area contributed by atoms with Gasteiger partial charge in [0.05, 0.1) is 16.7 Å². The fraction of sp³-hybridized carbons (Fsp3) is 0.462. The first-order chi connectivity index (χ1) is 9.08. The first-order valence-corrected chi connectivity index (χ1v) is 6.68. The number of guanidine groups is 1. The normalized spacial score (nSPS) is 10.9. The molecule has 0 unspecified atom stereocenters. The first kappa shape index (κ1) is 19.8. The van der Waals surface area contributed by atoms with Gasteiger partial charge in [-0.1, -0.05) is 29.3 Å². The van der Waals surface area contributed by atoms with Crippen LogP contribution in [0.4, 0.5) is 0 Å². The molecule has 0 aliphatic heterocycles. The van der Waals surface area contributed by atoms with E-state index >= 15 is 0 Å². The van der Waals surface area contributed by atoms with Gasteiger partial charge in [-0.15, -0.1) is 24.0 Å². The van der Waals surface area contributed by atoms with Crippen molar-refractivity contribution < 1.29 is 4.74 Å². The molecule has 20 heavy (non-hydrogen) atoms. The number of methoxy groups -OCH3 is 1. The van der Waals surface area contributed by atoms with Crippen LogP contribution in [0.15, 0.2) is 23.2 Å². The second-order valence-electron chi connectivity index (χ2n) is 4.07. The summed E-state index contributed by atoms with van der Waals surface area (Å²) in [6.07, 6.45) is 0. The van der Waals surface area contributed by atoms with E-state index in [1.54, 1.807) is 20.2 Å². The third kappa shape index (κ3) is 6.47. The zero-order chi connectivity index (χ0) is 14.3. The highest BCUT2D eigenvalue weighted by atomic mass is 127. The molecule has 7 heteroatoms. The Bertz CT molecular complexity index is 444. The van der Waals surface area contributed by atoms with Crippen molar-refractivity contribution in [2.75, 3.05) is 34.4 Å². The van der Waals surface area contributed by atoms with Gasteiger partial charge in [0, 0.05) is 34.3 Å². The number of aliphatic imine (C=N–C) groups is 1. The molecular weight excluding hydrogens is 412 g/mol. The molecule has 0 radical (unpaired) electrons. The van der Waals surface area contributed by atoms with Gasteiger partial charge in [-0.05, 0) is 17.7 Å². The molecule has 1 rings (SSSR count). The lowest BCUT2D eigenvalue weighted by atomic mass is 10.2. The molecule has 1 aromatic rings. The highest BCUT2D eigenvalue weighted by Gasteiger charge is 2.07. The summed E-state index contributed by atoms with van der Waals surface area (Å²) in [5, 5.41) is 4.34. The van der Waals surface area contributed by atoms with Crippen molar-refractivity contribution in [3.8, 4) is 0 Å². The number of halogens is 3. The molecule has 4 nitrogen and oxygen atoms in total. The number of nitrogens with one attached hydrogen (secondary N) is 1. The van der Waals surface area contributed by atoms with Crippen LogP contribution in [-0.4, -0.2) is 45.2 Å². The van der Waals surface area contributed by atoms with Crippen molar-refractivity contribution >= 4 is 53.1 Å². The minimum absolute atomic E-state index is 0. The largest absolute Gasteiger partial charge is 0.383 e. The molecule has 0 saturated heterocycles. The molecule has 0 saturated carbocycles. The first-order valence-electron chi connectivity index (χ1n) is 5.93. The van der Waals surface area contributed by atoms with Crippen molar-refractivity contribution in [2.45, 2.75) is 6.54 Å². The summed E-state index contributed by atoms with van der Waals surface area (Å²) in [5.41, 5.74) is 1.08. The van der Waals surface area contributed by atoms with E-state index in [4.69, 9.17) is 27.9 Å². The molecule has 0 heterocycles. The van der Waals surface area contributed by atoms with E-state index in [0.29, 0.717) is 23.2 Å². The maximum atomic E-state index is 6.00. The zero-order valence-electron chi connectivity index (χ0n) is 11.8. The average molecular weight is 432 g/mol. The van der Waals surface area contributed by atoms with Crippen LogP contribution < -0.4 is 5.32 Å². The molecule has 1 N–H and O–H groups in total. The minimum Gasteiger partial charge on any atom is -0.383 e. The van der Waals surface area contributed by atoms with Gasteiger partial charge in [0.2, 0.25) is 0 Å². The zero-order valence-corrected chi connectivity index (χ0v) is 15.7. The van der Waals surface area contributed by atoms with Crippen molar-refractivity contribution in [2.24, 2.45) is 4.99 Å². The Morgan fingerprint density at radius 3 is 2.60 bits per heavy atom. The SMILES string of the molecule is CN=C(NCCOC)N(C)Cc1ccc(Cl)c(Cl)c1.I. The van der Waals surface area contributed by atoms with Crippen LogP contribution in [0, 0.1) is 0 Å². The molecule has 0 bridgehead atoms. The van der Waals surface area contributed by atoms with Gasteiger partial charge in [-0.2, -0.15) is 0 Å². The monoisotopic (exact) mass is 431 g/mol. The van der Waals surface area contributed by atoms with Crippen LogP contribution >= 0.6 is 47.2 Å². The van der Waals surface area contributed by atoms with Crippen LogP contribution in [0.5, 0.6) is 0 Å². The van der Waals surface area contributed by atoms with Gasteiger partial charge in [0.15, 0.2) is 5.96 Å². The Balaban J connectivity index is 0.00000361. The van der Waals surface area contributed by atoms with Gasteiger partial charge in [0.1, 0.15) is 0 Å². The maximum Gasteiger partial charge on any atom is 0.193 e. The topological polar surface area (TPSA) is 36.9 Å². The second kappa shape index (κ2) is 10.5. The molecule has 0 aromatic heterocycles. The lowest BCUT2D eigenvalue weighted by molar-refractivity contribution is 0.203. The Morgan fingerprint density at radius 1 is 1.35 bits per heavy atom. The summed E-state index contributed by atoms with van der Waals surface area (Å²) < 4.78 is 5.00. The Labute approximate surface area is 147 Å². The molecule has 0 aliphatic rings. The smallest absolute Gasteiger partial charge is 0.193 e. The molecule has 0 spiro atoms. The van der Waals surface area contributed by atoms with E-state index in [9.17, 15) is 0 Å². The molecular formula is C13H20Cl2IN3O. The number of ether oxygens (including phenoxy) is 1. The molecule has 0 atom stereocenters. The van der Waals surface area contributed by atoms with E-state index in [1.165, 1.54) is 0 Å². The third-order valence-corrected chi connectivity index (χ3v) is 3.31. The van der Waals surface area contributed by atoms with E-state index < -0.39 is 0 Å². The lowest BCUT2D eigenvalue weighted by Crippen LogP contribution is -2.39. The van der Waals surface area contributed by atoms with Crippen LogP contribution in [0.1, 0.15) is 5.56 Å². The number of rotatable bonds is 5. The number of hydrogen-bond donors (Lipinski definition) is 1. The van der Waals surface area contributed by atoms with Crippen LogP contribution in [0.25, 0.3) is 0 Å². The summed E-state index contributed by atoms with van der Waals surface area (Å²) >= 11 is 11.9. The van der Waals surface area contributed by atoms with Gasteiger partial charge >= 0.3 is 0 Å². The molecule has 0 amide bonds. The standard InChI is InChI=1S/C13H19Cl2N3O.HI/c1-16-13(17-6-7-19-3)18(2)9-10-4-5-11(14)12(15)8-10;/h4-5,8H,6-7,9H2,1-3H3,(H,16,17);1H. The van der Waals surface area contributed by atoms with Crippen LogP contribution in [0.2, 0.25) is 10.0 Å². The summed E-state index contributed by atoms with van der Waals surface area (Å²) in [4.78, 5) is 6.22. The van der Waals surface area contributed by atoms with Crippen molar-refractivity contribution in [3.05, 3.63) is 33.8 Å². The quantitative estimate of drug-likeness (QED) is 0.336. The highest BCUT2D eigenvalue weighted by Crippen LogP contribution is 2.23.